The number of carboxylic acid groups (broad SMARTS) is 1. The molecule has 0 fully saturated rings. The Hall–Kier alpha value is -1.69. The summed E-state index contributed by atoms with van der Waals surface area (Å²) in [5.41, 5.74) is -0.565. The fourth-order valence-electron chi connectivity index (χ4n) is 2.88. The largest absolute Gasteiger partial charge is 0.481 e. The molecule has 2 atom stereocenters. The number of hydrogen-bond donors (Lipinski definition) is 1. The van der Waals surface area contributed by atoms with Crippen LogP contribution in [-0.4, -0.2) is 28.3 Å². The molecule has 0 saturated heterocycles. The van der Waals surface area contributed by atoms with Gasteiger partial charge < -0.3 is 14.4 Å². The van der Waals surface area contributed by atoms with Gasteiger partial charge in [-0.1, -0.05) is 31.2 Å². The van der Waals surface area contributed by atoms with Gasteiger partial charge in [-0.3, -0.25) is 4.79 Å². The monoisotopic (exact) mass is 294 g/mol. The van der Waals surface area contributed by atoms with E-state index in [9.17, 15) is 9.90 Å². The molecule has 0 bridgehead atoms. The summed E-state index contributed by atoms with van der Waals surface area (Å²) in [5, 5.41) is 13.4. The number of carboxylic acids is 1. The van der Waals surface area contributed by atoms with E-state index in [1.165, 1.54) is 0 Å². The first kappa shape index (κ1) is 15.7. The van der Waals surface area contributed by atoms with E-state index in [4.69, 9.17) is 9.26 Å². The molecule has 1 aromatic heterocycles. The standard InChI is InChI=1S/C15H22N2O4/c1-4-15(5-2,20-3)14-16-12(21-17-14)10-8-6-7-9-11(10)13(18)19/h6-7,10-11H,4-5,8-9H2,1-3H3,(H,18,19)/t10-,11+/m1/s1. The summed E-state index contributed by atoms with van der Waals surface area (Å²) in [6.45, 7) is 4.01. The predicted molar refractivity (Wildman–Crippen MR) is 75.8 cm³/mol. The zero-order valence-corrected chi connectivity index (χ0v) is 12.7. The van der Waals surface area contributed by atoms with Crippen molar-refractivity contribution in [3.63, 3.8) is 0 Å². The third kappa shape index (κ3) is 2.85. The zero-order chi connectivity index (χ0) is 15.5. The van der Waals surface area contributed by atoms with Crippen LogP contribution in [0.25, 0.3) is 0 Å². The summed E-state index contributed by atoms with van der Waals surface area (Å²) in [4.78, 5) is 15.8. The Labute approximate surface area is 124 Å². The normalized spacial score (nSPS) is 22.4. The lowest BCUT2D eigenvalue weighted by atomic mass is 9.83. The maximum atomic E-state index is 11.4. The second kappa shape index (κ2) is 6.39. The van der Waals surface area contributed by atoms with Gasteiger partial charge in [-0.2, -0.15) is 4.98 Å². The van der Waals surface area contributed by atoms with Gasteiger partial charge >= 0.3 is 5.97 Å². The highest BCUT2D eigenvalue weighted by atomic mass is 16.5. The Kier molecular flexibility index (Phi) is 4.77. The third-order valence-electron chi connectivity index (χ3n) is 4.45. The first-order valence-corrected chi connectivity index (χ1v) is 7.35. The van der Waals surface area contributed by atoms with Gasteiger partial charge in [0.15, 0.2) is 0 Å². The lowest BCUT2D eigenvalue weighted by Gasteiger charge is -2.26. The second-order valence-electron chi connectivity index (χ2n) is 5.36. The fourth-order valence-corrected chi connectivity index (χ4v) is 2.88. The Bertz CT molecular complexity index is 511. The van der Waals surface area contributed by atoms with Gasteiger partial charge in [0.25, 0.3) is 0 Å². The molecule has 0 unspecified atom stereocenters. The van der Waals surface area contributed by atoms with Crippen LogP contribution in [0.1, 0.15) is 57.2 Å². The lowest BCUT2D eigenvalue weighted by molar-refractivity contribution is -0.142. The molecule has 1 aliphatic rings. The Morgan fingerprint density at radius 3 is 2.67 bits per heavy atom. The highest BCUT2D eigenvalue weighted by Crippen LogP contribution is 2.36. The smallest absolute Gasteiger partial charge is 0.307 e. The van der Waals surface area contributed by atoms with Crippen molar-refractivity contribution in [1.82, 2.24) is 10.1 Å². The Balaban J connectivity index is 2.30. The summed E-state index contributed by atoms with van der Waals surface area (Å²) in [6.07, 6.45) is 6.42. The van der Waals surface area contributed by atoms with Gasteiger partial charge in [0.05, 0.1) is 11.8 Å². The van der Waals surface area contributed by atoms with E-state index in [1.807, 2.05) is 26.0 Å². The van der Waals surface area contributed by atoms with E-state index in [-0.39, 0.29) is 5.92 Å². The van der Waals surface area contributed by atoms with E-state index in [0.717, 1.165) is 12.8 Å². The number of rotatable bonds is 6. The average molecular weight is 294 g/mol. The third-order valence-corrected chi connectivity index (χ3v) is 4.45. The van der Waals surface area contributed by atoms with Crippen molar-refractivity contribution in [2.45, 2.75) is 51.0 Å². The van der Waals surface area contributed by atoms with Crippen molar-refractivity contribution in [3.05, 3.63) is 23.9 Å². The molecule has 1 aliphatic carbocycles. The number of allylic oxidation sites excluding steroid dienone is 2. The molecular weight excluding hydrogens is 272 g/mol. The van der Waals surface area contributed by atoms with E-state index in [1.54, 1.807) is 7.11 Å². The van der Waals surface area contributed by atoms with Crippen LogP contribution in [0.15, 0.2) is 16.7 Å². The number of hydrogen-bond acceptors (Lipinski definition) is 5. The topological polar surface area (TPSA) is 85.5 Å². The Morgan fingerprint density at radius 2 is 2.10 bits per heavy atom. The summed E-state index contributed by atoms with van der Waals surface area (Å²) < 4.78 is 10.9. The van der Waals surface area contributed by atoms with Gasteiger partial charge in [-0.05, 0) is 25.7 Å². The van der Waals surface area contributed by atoms with E-state index < -0.39 is 17.5 Å². The predicted octanol–water partition coefficient (Wildman–Crippen LogP) is 2.87. The van der Waals surface area contributed by atoms with Crippen molar-refractivity contribution in [2.75, 3.05) is 7.11 Å². The van der Waals surface area contributed by atoms with Crippen molar-refractivity contribution in [2.24, 2.45) is 5.92 Å². The molecule has 0 radical (unpaired) electrons. The molecule has 116 valence electrons. The molecule has 0 saturated carbocycles. The van der Waals surface area contributed by atoms with Crippen LogP contribution < -0.4 is 0 Å². The van der Waals surface area contributed by atoms with Gasteiger partial charge in [0.1, 0.15) is 5.60 Å². The molecule has 0 amide bonds. The average Bonchev–Trinajstić information content (AvgIpc) is 3.00. The molecule has 0 aromatic carbocycles. The van der Waals surface area contributed by atoms with Crippen LogP contribution in [0, 0.1) is 5.92 Å². The maximum absolute atomic E-state index is 11.4. The maximum Gasteiger partial charge on any atom is 0.307 e. The van der Waals surface area contributed by atoms with Crippen molar-refractivity contribution in [3.8, 4) is 0 Å². The molecule has 1 N–H and O–H groups in total. The highest BCUT2D eigenvalue weighted by molar-refractivity contribution is 5.71. The first-order valence-electron chi connectivity index (χ1n) is 7.35. The number of nitrogens with zero attached hydrogens (tertiary/aromatic N) is 2. The summed E-state index contributed by atoms with van der Waals surface area (Å²) in [7, 11) is 1.63. The molecule has 2 rings (SSSR count). The van der Waals surface area contributed by atoms with Gasteiger partial charge in [-0.25, -0.2) is 0 Å². The summed E-state index contributed by atoms with van der Waals surface area (Å²) in [6, 6.07) is 0. The molecule has 6 nitrogen and oxygen atoms in total. The minimum atomic E-state index is -0.826. The van der Waals surface area contributed by atoms with E-state index in [0.29, 0.717) is 24.6 Å². The van der Waals surface area contributed by atoms with Gasteiger partial charge in [0.2, 0.25) is 11.7 Å². The number of aliphatic carboxylic acids is 1. The number of methoxy groups -OCH3 is 1. The van der Waals surface area contributed by atoms with E-state index >= 15 is 0 Å². The second-order valence-corrected chi connectivity index (χ2v) is 5.36. The SMILES string of the molecule is CCC(CC)(OC)c1noc([C@@H]2CC=CC[C@@H]2C(=O)O)n1. The number of ether oxygens (including phenoxy) is 1. The molecule has 1 aromatic rings. The van der Waals surface area contributed by atoms with Crippen LogP contribution in [0.2, 0.25) is 0 Å². The van der Waals surface area contributed by atoms with Gasteiger partial charge in [-0.15, -0.1) is 0 Å². The van der Waals surface area contributed by atoms with Crippen LogP contribution in [0.3, 0.4) is 0 Å². The minimum absolute atomic E-state index is 0.267. The molecule has 21 heavy (non-hydrogen) atoms. The van der Waals surface area contributed by atoms with Crippen LogP contribution in [0.4, 0.5) is 0 Å². The lowest BCUT2D eigenvalue weighted by Crippen LogP contribution is -2.28. The zero-order valence-electron chi connectivity index (χ0n) is 12.7. The molecular formula is C15H22N2O4. The first-order chi connectivity index (χ1) is 10.1. The number of aromatic nitrogens is 2. The summed E-state index contributed by atoms with van der Waals surface area (Å²) in [5.74, 6) is -0.706. The van der Waals surface area contributed by atoms with Crippen LogP contribution in [-0.2, 0) is 15.1 Å². The molecule has 6 heteroatoms. The molecule has 0 aliphatic heterocycles. The van der Waals surface area contributed by atoms with Crippen molar-refractivity contribution >= 4 is 5.97 Å². The van der Waals surface area contributed by atoms with Crippen LogP contribution >= 0.6 is 0 Å². The summed E-state index contributed by atoms with van der Waals surface area (Å²) >= 11 is 0. The number of carbonyl (C=O) groups is 1. The van der Waals surface area contributed by atoms with Gasteiger partial charge in [0, 0.05) is 7.11 Å². The molecule has 1 heterocycles. The molecule has 0 spiro atoms. The van der Waals surface area contributed by atoms with Crippen molar-refractivity contribution in [1.29, 1.82) is 0 Å². The fraction of sp³-hybridized carbons (Fsp3) is 0.667. The minimum Gasteiger partial charge on any atom is -0.481 e. The van der Waals surface area contributed by atoms with E-state index in [2.05, 4.69) is 10.1 Å². The quantitative estimate of drug-likeness (QED) is 0.812. The van der Waals surface area contributed by atoms with Crippen LogP contribution in [0.5, 0.6) is 0 Å². The highest BCUT2D eigenvalue weighted by Gasteiger charge is 2.38. The van der Waals surface area contributed by atoms with Crippen molar-refractivity contribution < 1.29 is 19.2 Å². The Morgan fingerprint density at radius 1 is 1.43 bits per heavy atom.